The Balaban J connectivity index is 2.23. The molecule has 1 aromatic heterocycles. The smallest absolute Gasteiger partial charge is 0.129 e. The molecule has 1 aliphatic rings. The number of pyridine rings is 1. The van der Waals surface area contributed by atoms with Crippen molar-refractivity contribution in [3.8, 4) is 0 Å². The van der Waals surface area contributed by atoms with Gasteiger partial charge < -0.3 is 4.90 Å². The van der Waals surface area contributed by atoms with Crippen LogP contribution in [0.4, 0.5) is 5.82 Å². The van der Waals surface area contributed by atoms with Crippen molar-refractivity contribution in [1.29, 1.82) is 0 Å². The van der Waals surface area contributed by atoms with Crippen molar-refractivity contribution >= 4 is 17.4 Å². The Morgan fingerprint density at radius 3 is 2.65 bits per heavy atom. The van der Waals surface area contributed by atoms with Crippen molar-refractivity contribution in [2.75, 3.05) is 11.4 Å². The summed E-state index contributed by atoms with van der Waals surface area (Å²) in [5, 5.41) is 0. The van der Waals surface area contributed by atoms with Crippen molar-refractivity contribution in [3.63, 3.8) is 0 Å². The molecule has 0 N–H and O–H groups in total. The van der Waals surface area contributed by atoms with Gasteiger partial charge in [-0.2, -0.15) is 0 Å². The average molecular weight is 253 g/mol. The second-order valence-electron chi connectivity index (χ2n) is 5.30. The molecule has 1 aliphatic carbocycles. The summed E-state index contributed by atoms with van der Waals surface area (Å²) >= 11 is 5.93. The number of hydrogen-bond acceptors (Lipinski definition) is 2. The summed E-state index contributed by atoms with van der Waals surface area (Å²) in [6.07, 6.45) is 2.74. The second kappa shape index (κ2) is 5.26. The summed E-state index contributed by atoms with van der Waals surface area (Å²) in [6.45, 7) is 7.63. The van der Waals surface area contributed by atoms with E-state index in [1.807, 2.05) is 6.92 Å². The van der Waals surface area contributed by atoms with Gasteiger partial charge in [-0.05, 0) is 57.2 Å². The highest BCUT2D eigenvalue weighted by Gasteiger charge is 2.26. The summed E-state index contributed by atoms with van der Waals surface area (Å²) in [5.74, 6) is 2.52. The molecule has 17 heavy (non-hydrogen) atoms. The van der Waals surface area contributed by atoms with E-state index in [1.165, 1.54) is 12.8 Å². The first-order valence-corrected chi connectivity index (χ1v) is 6.93. The zero-order valence-electron chi connectivity index (χ0n) is 10.9. The van der Waals surface area contributed by atoms with E-state index in [2.05, 4.69) is 35.9 Å². The third kappa shape index (κ3) is 3.35. The van der Waals surface area contributed by atoms with Gasteiger partial charge in [0.1, 0.15) is 5.82 Å². The molecule has 1 aromatic rings. The Kier molecular flexibility index (Phi) is 3.93. The van der Waals surface area contributed by atoms with Crippen molar-refractivity contribution in [2.24, 2.45) is 5.92 Å². The molecule has 1 saturated carbocycles. The summed E-state index contributed by atoms with van der Waals surface area (Å²) in [4.78, 5) is 7.05. The van der Waals surface area contributed by atoms with Gasteiger partial charge in [0.05, 0.1) is 0 Å². The fraction of sp³-hybridized carbons (Fsp3) is 0.643. The number of alkyl halides is 1. The van der Waals surface area contributed by atoms with E-state index in [-0.39, 0.29) is 0 Å². The zero-order valence-corrected chi connectivity index (χ0v) is 11.7. The molecule has 0 radical (unpaired) electrons. The molecule has 1 fully saturated rings. The lowest BCUT2D eigenvalue weighted by molar-refractivity contribution is 0.635. The molecule has 0 aliphatic heterocycles. The lowest BCUT2D eigenvalue weighted by Crippen LogP contribution is -2.33. The molecule has 0 bridgehead atoms. The maximum absolute atomic E-state index is 5.93. The maximum atomic E-state index is 5.93. The third-order valence-corrected chi connectivity index (χ3v) is 3.53. The van der Waals surface area contributed by atoms with Crippen LogP contribution in [0.3, 0.4) is 0 Å². The van der Waals surface area contributed by atoms with E-state index in [0.29, 0.717) is 11.9 Å². The molecule has 2 nitrogen and oxygen atoms in total. The number of anilines is 1. The maximum Gasteiger partial charge on any atom is 0.129 e. The Bertz CT molecular complexity index is 386. The van der Waals surface area contributed by atoms with Crippen molar-refractivity contribution < 1.29 is 0 Å². The Labute approximate surface area is 109 Å². The van der Waals surface area contributed by atoms with Crippen LogP contribution in [-0.2, 0) is 5.88 Å². The van der Waals surface area contributed by atoms with E-state index in [0.717, 1.165) is 29.5 Å². The largest absolute Gasteiger partial charge is 0.354 e. The van der Waals surface area contributed by atoms with Crippen LogP contribution in [0.5, 0.6) is 0 Å². The molecule has 0 aromatic carbocycles. The Hall–Kier alpha value is -0.760. The van der Waals surface area contributed by atoms with E-state index in [4.69, 9.17) is 11.6 Å². The fourth-order valence-electron chi connectivity index (χ4n) is 2.09. The normalized spacial score (nSPS) is 15.4. The van der Waals surface area contributed by atoms with Crippen LogP contribution in [0.2, 0.25) is 0 Å². The molecule has 2 rings (SSSR count). The molecular formula is C14H21ClN2. The zero-order chi connectivity index (χ0) is 12.4. The van der Waals surface area contributed by atoms with Gasteiger partial charge in [0.15, 0.2) is 0 Å². The standard InChI is InChI=1S/C14H21ClN2/c1-10(2)17(9-12-4-5-12)14-7-13(8-15)6-11(3)16-14/h6-7,10,12H,4-5,8-9H2,1-3H3. The molecule has 0 saturated heterocycles. The van der Waals surface area contributed by atoms with Gasteiger partial charge in [-0.25, -0.2) is 4.98 Å². The van der Waals surface area contributed by atoms with Gasteiger partial charge in [0.25, 0.3) is 0 Å². The first kappa shape index (κ1) is 12.7. The van der Waals surface area contributed by atoms with E-state index in [9.17, 15) is 0 Å². The minimum Gasteiger partial charge on any atom is -0.354 e. The van der Waals surface area contributed by atoms with Gasteiger partial charge in [-0.15, -0.1) is 11.6 Å². The lowest BCUT2D eigenvalue weighted by Gasteiger charge is -2.28. The van der Waals surface area contributed by atoms with Crippen LogP contribution in [0.25, 0.3) is 0 Å². The number of aromatic nitrogens is 1. The van der Waals surface area contributed by atoms with Crippen LogP contribution >= 0.6 is 11.6 Å². The van der Waals surface area contributed by atoms with Gasteiger partial charge in [-0.3, -0.25) is 0 Å². The quantitative estimate of drug-likeness (QED) is 0.742. The predicted molar refractivity (Wildman–Crippen MR) is 73.7 cm³/mol. The molecule has 0 unspecified atom stereocenters. The van der Waals surface area contributed by atoms with Gasteiger partial charge in [-0.1, -0.05) is 0 Å². The second-order valence-corrected chi connectivity index (χ2v) is 5.57. The first-order valence-electron chi connectivity index (χ1n) is 6.40. The molecule has 94 valence electrons. The van der Waals surface area contributed by atoms with E-state index in [1.54, 1.807) is 0 Å². The molecule has 1 heterocycles. The van der Waals surface area contributed by atoms with Crippen LogP contribution in [0, 0.1) is 12.8 Å². The monoisotopic (exact) mass is 252 g/mol. The van der Waals surface area contributed by atoms with Crippen molar-refractivity contribution in [3.05, 3.63) is 23.4 Å². The summed E-state index contributed by atoms with van der Waals surface area (Å²) in [7, 11) is 0. The fourth-order valence-corrected chi connectivity index (χ4v) is 2.25. The molecule has 0 amide bonds. The number of nitrogens with zero attached hydrogens (tertiary/aromatic N) is 2. The first-order chi connectivity index (χ1) is 8.10. The highest BCUT2D eigenvalue weighted by atomic mass is 35.5. The van der Waals surface area contributed by atoms with Gasteiger partial charge in [0.2, 0.25) is 0 Å². The van der Waals surface area contributed by atoms with Crippen LogP contribution in [0.1, 0.15) is 37.9 Å². The minimum atomic E-state index is 0.494. The van der Waals surface area contributed by atoms with E-state index >= 15 is 0 Å². The summed E-state index contributed by atoms with van der Waals surface area (Å²) in [5.41, 5.74) is 2.22. The van der Waals surface area contributed by atoms with Crippen molar-refractivity contribution in [2.45, 2.75) is 45.5 Å². The number of aryl methyl sites for hydroxylation is 1. The van der Waals surface area contributed by atoms with Gasteiger partial charge >= 0.3 is 0 Å². The number of halogens is 1. The highest BCUT2D eigenvalue weighted by Crippen LogP contribution is 2.32. The van der Waals surface area contributed by atoms with Crippen LogP contribution in [0.15, 0.2) is 12.1 Å². The third-order valence-electron chi connectivity index (χ3n) is 3.22. The van der Waals surface area contributed by atoms with Crippen LogP contribution < -0.4 is 4.90 Å². The Morgan fingerprint density at radius 1 is 1.41 bits per heavy atom. The SMILES string of the molecule is Cc1cc(CCl)cc(N(CC2CC2)C(C)C)n1. The summed E-state index contributed by atoms with van der Waals surface area (Å²) < 4.78 is 0. The average Bonchev–Trinajstić information content (AvgIpc) is 3.08. The van der Waals surface area contributed by atoms with Crippen LogP contribution in [-0.4, -0.2) is 17.6 Å². The van der Waals surface area contributed by atoms with Crippen molar-refractivity contribution in [1.82, 2.24) is 4.98 Å². The Morgan fingerprint density at radius 2 is 2.12 bits per heavy atom. The van der Waals surface area contributed by atoms with Gasteiger partial charge in [0, 0.05) is 24.2 Å². The topological polar surface area (TPSA) is 16.1 Å². The molecule has 0 spiro atoms. The predicted octanol–water partition coefficient (Wildman–Crippen LogP) is 3.75. The lowest BCUT2D eigenvalue weighted by atomic mass is 10.2. The molecule has 0 atom stereocenters. The molecule has 3 heteroatoms. The molecular weight excluding hydrogens is 232 g/mol. The summed E-state index contributed by atoms with van der Waals surface area (Å²) in [6, 6.07) is 4.68. The highest BCUT2D eigenvalue weighted by molar-refractivity contribution is 6.17. The number of hydrogen-bond donors (Lipinski definition) is 0. The number of rotatable bonds is 5. The van der Waals surface area contributed by atoms with E-state index < -0.39 is 0 Å². The minimum absolute atomic E-state index is 0.494.